The molecule has 2 aromatic heterocycles. The van der Waals surface area contributed by atoms with Gasteiger partial charge in [0, 0.05) is 48.5 Å². The minimum Gasteiger partial charge on any atom is -0.485 e. The van der Waals surface area contributed by atoms with Crippen molar-refractivity contribution in [2.45, 2.75) is 148 Å². The van der Waals surface area contributed by atoms with Crippen LogP contribution in [0.3, 0.4) is 0 Å². The molecule has 0 saturated heterocycles. The molecule has 2 aliphatic heterocycles. The molecule has 1 fully saturated rings. The van der Waals surface area contributed by atoms with Gasteiger partial charge >= 0.3 is 18.0 Å². The van der Waals surface area contributed by atoms with E-state index in [2.05, 4.69) is 21.3 Å². The summed E-state index contributed by atoms with van der Waals surface area (Å²) >= 11 is 0. The third kappa shape index (κ3) is 14.1. The number of aromatic nitrogens is 2. The number of aliphatic hydroxyl groups is 4. The highest BCUT2D eigenvalue weighted by Gasteiger charge is 2.48. The number of carboxylic acids is 1. The van der Waals surface area contributed by atoms with E-state index in [1.807, 2.05) is 24.3 Å². The van der Waals surface area contributed by atoms with Gasteiger partial charge in [-0.1, -0.05) is 45.0 Å². The summed E-state index contributed by atoms with van der Waals surface area (Å²) in [6.07, 6.45) is -8.61. The Balaban J connectivity index is 1.06. The molecule has 4 aromatic rings. The number of hydrogen-bond acceptors (Lipinski definition) is 19. The molecule has 83 heavy (non-hydrogen) atoms. The Morgan fingerprint density at radius 1 is 0.940 bits per heavy atom. The van der Waals surface area contributed by atoms with E-state index in [1.54, 1.807) is 40.7 Å². The van der Waals surface area contributed by atoms with Crippen molar-refractivity contribution < 1.29 is 86.3 Å². The number of nitrogens with zero attached hydrogens (tertiary/aromatic N) is 3. The topological polar surface area (TPSA) is 415 Å². The predicted molar refractivity (Wildman–Crippen MR) is 295 cm³/mol. The van der Waals surface area contributed by atoms with Crippen molar-refractivity contribution in [1.29, 1.82) is 0 Å². The van der Waals surface area contributed by atoms with E-state index in [-0.39, 0.29) is 73.5 Å². The normalized spacial score (nSPS) is 21.1. The fraction of sp³-hybridized carbons (Fsp3) is 0.509. The monoisotopic (exact) mass is 1180 g/mol. The Bertz CT molecular complexity index is 3350. The molecule has 9 atom stereocenters. The zero-order valence-electron chi connectivity index (χ0n) is 46.5. The summed E-state index contributed by atoms with van der Waals surface area (Å²) in [6.45, 7) is 8.92. The highest BCUT2D eigenvalue weighted by atomic mass is 32.2. The molecule has 4 heterocycles. The molecule has 450 valence electrons. The summed E-state index contributed by atoms with van der Waals surface area (Å²) in [6, 6.07) is 9.03. The van der Waals surface area contributed by atoms with Crippen LogP contribution in [-0.4, -0.2) is 162 Å². The lowest BCUT2D eigenvalue weighted by atomic mass is 9.80. The number of fused-ring (bicyclic) bond motifs is 5. The number of amides is 5. The number of para-hydroxylation sites is 1. The van der Waals surface area contributed by atoms with Crippen molar-refractivity contribution in [2.24, 2.45) is 17.6 Å². The number of aliphatic carboxylic acids is 1. The third-order valence-corrected chi connectivity index (χ3v) is 15.8. The highest BCUT2D eigenvalue weighted by Crippen LogP contribution is 2.41. The van der Waals surface area contributed by atoms with E-state index in [9.17, 15) is 72.3 Å². The first kappa shape index (κ1) is 63.0. The van der Waals surface area contributed by atoms with Crippen molar-refractivity contribution in [3.63, 3.8) is 0 Å². The number of aliphatic hydroxyl groups excluding tert-OH is 3. The number of hydrogen-bond donors (Lipinski definition) is 11. The minimum atomic E-state index is -4.34. The van der Waals surface area contributed by atoms with Crippen LogP contribution in [0.2, 0.25) is 0 Å². The lowest BCUT2D eigenvalue weighted by Gasteiger charge is -2.38. The first-order valence-corrected chi connectivity index (χ1v) is 28.6. The molecular weight excluding hydrogens is 1110 g/mol. The Morgan fingerprint density at radius 3 is 2.31 bits per heavy atom. The number of nitrogens with two attached hydrogens (primary N) is 1. The van der Waals surface area contributed by atoms with Gasteiger partial charge in [0.2, 0.25) is 23.6 Å². The van der Waals surface area contributed by atoms with E-state index in [0.717, 1.165) is 10.9 Å². The van der Waals surface area contributed by atoms with Crippen LogP contribution in [0.25, 0.3) is 22.3 Å². The number of esters is 1. The summed E-state index contributed by atoms with van der Waals surface area (Å²) in [4.78, 5) is 112. The van der Waals surface area contributed by atoms with Crippen LogP contribution in [0.4, 0.5) is 10.5 Å². The van der Waals surface area contributed by atoms with Crippen LogP contribution in [0.5, 0.6) is 5.75 Å². The zero-order valence-corrected chi connectivity index (χ0v) is 47.3. The van der Waals surface area contributed by atoms with E-state index >= 15 is 0 Å². The van der Waals surface area contributed by atoms with Gasteiger partial charge < -0.3 is 76.2 Å². The maximum Gasteiger partial charge on any atom is 0.410 e. The Kier molecular flexibility index (Phi) is 19.7. The number of carbonyl (C=O) groups is 7. The average molecular weight is 1180 g/mol. The predicted octanol–water partition coefficient (Wildman–Crippen LogP) is 0.299. The van der Waals surface area contributed by atoms with Gasteiger partial charge in [0.15, 0.2) is 5.60 Å². The van der Waals surface area contributed by atoms with E-state index < -0.39 is 149 Å². The molecule has 0 spiro atoms. The van der Waals surface area contributed by atoms with Crippen LogP contribution in [0.15, 0.2) is 53.3 Å². The molecule has 7 rings (SSSR count). The number of carboxylic acid groups (broad SMARTS) is 1. The Hall–Kier alpha value is -7.60. The summed E-state index contributed by atoms with van der Waals surface area (Å²) in [5.74, 6) is -8.42. The second kappa shape index (κ2) is 25.9. The van der Waals surface area contributed by atoms with Gasteiger partial charge in [0.1, 0.15) is 49.4 Å². The van der Waals surface area contributed by atoms with Gasteiger partial charge in [-0.25, -0.2) is 14.6 Å². The number of nitrogens with one attached hydrogen (secondary N) is 4. The standard InChI is InChI=1S/C55H70N8O19S/c1-7-55(76)35-22-39-44-33(23-63(39)51(71)34(35)25-80-53(55)74)30(31-10-8-9-11-37(31)59-44)16-18-62(27(4)5)54(75)81-24-29-12-14-38(40(20-29)82-41-21-32(52(72)73)45(65)47(67)46(41)66)60-48(68)28(6)58-50(70)43(26(2)3)61-42(64)15-13-36(56)49(69)57-17-19-83(77,78)79/h8-12,14,20,22,26-28,32,36,41,43,45-47,65-67,76H,7,13,15-19,21,23-25,56H2,1-6H3,(H,57,69)(H,58,70)(H,60,68)(H,61,64)(H,72,73)(H,77,78,79)/t28-,32-,36+,41+,43-,45+,46-,47-,55-/m0/s1. The molecule has 2 aromatic carbocycles. The smallest absolute Gasteiger partial charge is 0.410 e. The van der Waals surface area contributed by atoms with Crippen LogP contribution in [0, 0.1) is 11.8 Å². The first-order chi connectivity index (χ1) is 39.0. The molecule has 5 amide bonds. The zero-order chi connectivity index (χ0) is 61.0. The Morgan fingerprint density at radius 2 is 1.65 bits per heavy atom. The van der Waals surface area contributed by atoms with Gasteiger partial charge in [0.05, 0.1) is 58.5 Å². The number of ether oxygens (including phenoxy) is 3. The van der Waals surface area contributed by atoms with Crippen LogP contribution >= 0.6 is 0 Å². The van der Waals surface area contributed by atoms with Crippen molar-refractivity contribution in [2.75, 3.05) is 24.2 Å². The molecule has 27 nitrogen and oxygen atoms in total. The van der Waals surface area contributed by atoms with Gasteiger partial charge in [-0.2, -0.15) is 8.42 Å². The maximum atomic E-state index is 14.1. The number of benzene rings is 2. The van der Waals surface area contributed by atoms with E-state index in [4.69, 9.17) is 29.5 Å². The van der Waals surface area contributed by atoms with Crippen molar-refractivity contribution >= 4 is 68.4 Å². The fourth-order valence-corrected chi connectivity index (χ4v) is 10.6. The van der Waals surface area contributed by atoms with E-state index in [0.29, 0.717) is 22.5 Å². The molecule has 1 saturated carbocycles. The lowest BCUT2D eigenvalue weighted by molar-refractivity contribution is -0.174. The van der Waals surface area contributed by atoms with Crippen LogP contribution in [-0.2, 0) is 80.1 Å². The molecule has 1 aliphatic carbocycles. The first-order valence-electron chi connectivity index (χ1n) is 27.0. The summed E-state index contributed by atoms with van der Waals surface area (Å²) < 4.78 is 49.5. The van der Waals surface area contributed by atoms with Gasteiger partial charge in [0.25, 0.3) is 15.7 Å². The lowest BCUT2D eigenvalue weighted by Crippen LogP contribution is -2.57. The van der Waals surface area contributed by atoms with Gasteiger partial charge in [-0.15, -0.1) is 0 Å². The minimum absolute atomic E-state index is 0.0297. The Labute approximate surface area is 476 Å². The van der Waals surface area contributed by atoms with Crippen LogP contribution in [0.1, 0.15) is 95.0 Å². The summed E-state index contributed by atoms with van der Waals surface area (Å²) in [5, 5.41) is 64.1. The number of cyclic esters (lactones) is 1. The second-order valence-corrected chi connectivity index (χ2v) is 23.1. The van der Waals surface area contributed by atoms with Crippen molar-refractivity contribution in [3.8, 4) is 17.1 Å². The largest absolute Gasteiger partial charge is 0.485 e. The quantitative estimate of drug-likeness (QED) is 0.0309. The van der Waals surface area contributed by atoms with Crippen molar-refractivity contribution in [3.05, 3.63) is 86.7 Å². The number of carbonyl (C=O) groups excluding carboxylic acids is 6. The summed E-state index contributed by atoms with van der Waals surface area (Å²) in [7, 11) is -4.34. The van der Waals surface area contributed by atoms with Crippen LogP contribution < -0.4 is 37.3 Å². The molecule has 0 bridgehead atoms. The average Bonchev–Trinajstić information content (AvgIpc) is 2.01. The second-order valence-electron chi connectivity index (χ2n) is 21.5. The van der Waals surface area contributed by atoms with Crippen molar-refractivity contribution in [1.82, 2.24) is 30.4 Å². The molecule has 12 N–H and O–H groups in total. The van der Waals surface area contributed by atoms with Gasteiger partial charge in [-0.05, 0) is 81.3 Å². The maximum absolute atomic E-state index is 14.1. The molecule has 0 radical (unpaired) electrons. The van der Waals surface area contributed by atoms with E-state index in [1.165, 1.54) is 34.6 Å². The fourth-order valence-electron chi connectivity index (χ4n) is 10.2. The number of rotatable bonds is 23. The SMILES string of the molecule is CC[C@@]1(O)C(=O)OCc2c1cc1n(c2=O)Cc2c-1nc1ccccc1c2CCN(C(=O)OCc1ccc(NC(=O)[C@H](C)NC(=O)[C@@H](NC(=O)CC[C@@H](N)C(=O)NCCS(=O)(=O)O)C(C)C)c(O[C@@H]2C[C@H](C(=O)O)[C@@H](O)[C@H](O)[C@H]2O)c1)C(C)C. The highest BCUT2D eigenvalue weighted by molar-refractivity contribution is 7.85. The molecule has 3 aliphatic rings. The number of anilines is 1. The van der Waals surface area contributed by atoms with Gasteiger partial charge in [-0.3, -0.25) is 33.3 Å². The third-order valence-electron chi connectivity index (χ3n) is 15.1. The molecular formula is C55H70N8O19S. The number of pyridine rings is 2. The summed E-state index contributed by atoms with van der Waals surface area (Å²) in [5.41, 5.74) is 6.94. The molecule has 0 unspecified atom stereocenters. The molecule has 28 heteroatoms.